The third kappa shape index (κ3) is 5.24. The molecule has 0 radical (unpaired) electrons. The van der Waals surface area contributed by atoms with Crippen LogP contribution in [0.25, 0.3) is 5.57 Å². The summed E-state index contributed by atoms with van der Waals surface area (Å²) in [5, 5.41) is 0.275. The van der Waals surface area contributed by atoms with Crippen molar-refractivity contribution >= 4 is 23.1 Å². The number of nitrogens with zero attached hydrogens (tertiary/aromatic N) is 2. The molecule has 0 aliphatic heterocycles. The molecule has 8 heteroatoms. The minimum absolute atomic E-state index is 0.230. The molecule has 29 heavy (non-hydrogen) atoms. The number of benzene rings is 2. The molecule has 3 aromatic rings. The van der Waals surface area contributed by atoms with Gasteiger partial charge in [-0.3, -0.25) is 0 Å². The molecule has 1 heterocycles. The van der Waals surface area contributed by atoms with Crippen LogP contribution >= 0.6 is 11.6 Å². The smallest absolute Gasteiger partial charge is 0.341 e. The van der Waals surface area contributed by atoms with E-state index >= 15 is 0 Å². The second-order valence-electron chi connectivity index (χ2n) is 5.61. The van der Waals surface area contributed by atoms with Crippen LogP contribution in [0.5, 0.6) is 23.1 Å². The Morgan fingerprint density at radius 1 is 0.966 bits per heavy atom. The van der Waals surface area contributed by atoms with Crippen molar-refractivity contribution in [2.45, 2.75) is 0 Å². The van der Waals surface area contributed by atoms with Crippen molar-refractivity contribution in [3.63, 3.8) is 0 Å². The molecule has 0 atom stereocenters. The lowest BCUT2D eigenvalue weighted by molar-refractivity contribution is -0.133. The number of halogens is 1. The highest BCUT2D eigenvalue weighted by molar-refractivity contribution is 6.29. The molecular formula is C21H17ClN2O5. The van der Waals surface area contributed by atoms with Crippen molar-refractivity contribution in [3.05, 3.63) is 77.9 Å². The molecule has 3 rings (SSSR count). The third-order valence-electron chi connectivity index (χ3n) is 3.68. The van der Waals surface area contributed by atoms with Gasteiger partial charge in [0.25, 0.3) is 0 Å². The first-order valence-corrected chi connectivity index (χ1v) is 8.82. The Labute approximate surface area is 172 Å². The minimum Gasteiger partial charge on any atom is -0.503 e. The van der Waals surface area contributed by atoms with Crippen LogP contribution < -0.4 is 9.47 Å². The van der Waals surface area contributed by atoms with E-state index in [0.29, 0.717) is 28.7 Å². The first-order chi connectivity index (χ1) is 14.1. The van der Waals surface area contributed by atoms with Crippen LogP contribution in [0, 0.1) is 0 Å². The van der Waals surface area contributed by atoms with Gasteiger partial charge in [0.15, 0.2) is 0 Å². The molecule has 148 valence electrons. The zero-order valence-corrected chi connectivity index (χ0v) is 16.4. The summed E-state index contributed by atoms with van der Waals surface area (Å²) in [6, 6.07) is 15.5. The summed E-state index contributed by atoms with van der Waals surface area (Å²) in [5.74, 6) is 1.20. The maximum Gasteiger partial charge on any atom is 0.341 e. The van der Waals surface area contributed by atoms with Gasteiger partial charge in [0.2, 0.25) is 5.88 Å². The number of ether oxygens (including phenoxy) is 4. The zero-order chi connectivity index (χ0) is 20.6. The van der Waals surface area contributed by atoms with E-state index in [9.17, 15) is 4.79 Å². The molecule has 0 unspecified atom stereocenters. The summed E-state index contributed by atoms with van der Waals surface area (Å²) in [5.41, 5.74) is 0.753. The van der Waals surface area contributed by atoms with E-state index in [1.807, 2.05) is 0 Å². The molecule has 7 nitrogen and oxygen atoms in total. The van der Waals surface area contributed by atoms with Gasteiger partial charge in [-0.15, -0.1) is 0 Å². The summed E-state index contributed by atoms with van der Waals surface area (Å²) >= 11 is 5.85. The van der Waals surface area contributed by atoms with Gasteiger partial charge >= 0.3 is 5.97 Å². The predicted molar refractivity (Wildman–Crippen MR) is 107 cm³/mol. The summed E-state index contributed by atoms with van der Waals surface area (Å²) < 4.78 is 21.5. The number of para-hydroxylation sites is 1. The fraction of sp³-hybridized carbons (Fsp3) is 0.0952. The van der Waals surface area contributed by atoms with E-state index < -0.39 is 5.97 Å². The first kappa shape index (κ1) is 20.2. The highest BCUT2D eigenvalue weighted by Crippen LogP contribution is 2.33. The topological polar surface area (TPSA) is 79.8 Å². The monoisotopic (exact) mass is 412 g/mol. The summed E-state index contributed by atoms with van der Waals surface area (Å²) in [7, 11) is 2.75. The lowest BCUT2D eigenvalue weighted by Gasteiger charge is -2.13. The Kier molecular flexibility index (Phi) is 6.65. The van der Waals surface area contributed by atoms with Gasteiger partial charge in [0.05, 0.1) is 20.5 Å². The third-order valence-corrected chi connectivity index (χ3v) is 3.89. The average molecular weight is 413 g/mol. The Bertz CT molecular complexity index is 1040. The van der Waals surface area contributed by atoms with E-state index in [1.165, 1.54) is 32.9 Å². The molecule has 0 aliphatic carbocycles. The molecule has 0 fully saturated rings. The van der Waals surface area contributed by atoms with E-state index in [0.717, 1.165) is 0 Å². The van der Waals surface area contributed by atoms with E-state index in [4.69, 9.17) is 30.5 Å². The van der Waals surface area contributed by atoms with Crippen molar-refractivity contribution in [1.82, 2.24) is 9.97 Å². The number of esters is 1. The van der Waals surface area contributed by atoms with Crippen molar-refractivity contribution in [3.8, 4) is 23.1 Å². The van der Waals surface area contributed by atoms with Crippen LogP contribution in [0.1, 0.15) is 5.56 Å². The molecule has 0 N–H and O–H groups in total. The molecule has 2 aromatic carbocycles. The maximum absolute atomic E-state index is 12.1. The van der Waals surface area contributed by atoms with Crippen LogP contribution in [0.15, 0.2) is 67.2 Å². The molecule has 1 aromatic heterocycles. The van der Waals surface area contributed by atoms with Crippen LogP contribution in [-0.2, 0) is 14.3 Å². The van der Waals surface area contributed by atoms with E-state index in [1.54, 1.807) is 48.5 Å². The number of hydrogen-bond donors (Lipinski definition) is 0. The summed E-state index contributed by atoms with van der Waals surface area (Å²) in [6.07, 6.45) is 2.62. The van der Waals surface area contributed by atoms with Crippen molar-refractivity contribution in [2.24, 2.45) is 0 Å². The van der Waals surface area contributed by atoms with Crippen molar-refractivity contribution < 1.29 is 23.7 Å². The Morgan fingerprint density at radius 2 is 1.72 bits per heavy atom. The standard InChI is InChI=1S/C21H17ClN2O5/c1-26-12-17(21(25)27-2)16-8-3-4-9-18(16)28-14-6-5-7-15(10-14)29-20-11-19(22)23-13-24-20/h3-13H,1-2H3/b17-12+. The van der Waals surface area contributed by atoms with Crippen LogP contribution in [0.2, 0.25) is 5.15 Å². The lowest BCUT2D eigenvalue weighted by Crippen LogP contribution is -2.05. The van der Waals surface area contributed by atoms with Gasteiger partial charge < -0.3 is 18.9 Å². The number of carbonyl (C=O) groups excluding carboxylic acids is 1. The van der Waals surface area contributed by atoms with Crippen LogP contribution in [0.4, 0.5) is 0 Å². The average Bonchev–Trinajstić information content (AvgIpc) is 2.72. The Morgan fingerprint density at radius 3 is 2.45 bits per heavy atom. The second-order valence-corrected chi connectivity index (χ2v) is 6.00. The first-order valence-electron chi connectivity index (χ1n) is 8.44. The highest BCUT2D eigenvalue weighted by atomic mass is 35.5. The van der Waals surface area contributed by atoms with Gasteiger partial charge in [-0.2, -0.15) is 0 Å². The molecule has 0 saturated heterocycles. The molecule has 0 bridgehead atoms. The minimum atomic E-state index is -0.541. The van der Waals surface area contributed by atoms with Gasteiger partial charge in [-0.25, -0.2) is 14.8 Å². The molecule has 0 amide bonds. The van der Waals surface area contributed by atoms with Crippen molar-refractivity contribution in [1.29, 1.82) is 0 Å². The number of aromatic nitrogens is 2. The number of methoxy groups -OCH3 is 2. The quantitative estimate of drug-likeness (QED) is 0.237. The lowest BCUT2D eigenvalue weighted by atomic mass is 10.1. The van der Waals surface area contributed by atoms with Crippen LogP contribution in [-0.4, -0.2) is 30.2 Å². The molecule has 0 saturated carbocycles. The Balaban J connectivity index is 1.87. The fourth-order valence-corrected chi connectivity index (χ4v) is 2.59. The van der Waals surface area contributed by atoms with Gasteiger partial charge in [0, 0.05) is 17.7 Å². The van der Waals surface area contributed by atoms with Gasteiger partial charge in [-0.05, 0) is 18.2 Å². The van der Waals surface area contributed by atoms with E-state index in [-0.39, 0.29) is 10.7 Å². The van der Waals surface area contributed by atoms with Crippen LogP contribution in [0.3, 0.4) is 0 Å². The maximum atomic E-state index is 12.1. The summed E-state index contributed by atoms with van der Waals surface area (Å²) in [4.78, 5) is 19.9. The number of hydrogen-bond acceptors (Lipinski definition) is 7. The normalized spacial score (nSPS) is 10.9. The second kappa shape index (κ2) is 9.57. The Hall–Kier alpha value is -3.58. The molecular weight excluding hydrogens is 396 g/mol. The van der Waals surface area contributed by atoms with Gasteiger partial charge in [-0.1, -0.05) is 35.9 Å². The molecule has 0 aliphatic rings. The van der Waals surface area contributed by atoms with Crippen molar-refractivity contribution in [2.75, 3.05) is 14.2 Å². The zero-order valence-electron chi connectivity index (χ0n) is 15.7. The number of carbonyl (C=O) groups is 1. The fourth-order valence-electron chi connectivity index (χ4n) is 2.45. The van der Waals surface area contributed by atoms with Gasteiger partial charge in [0.1, 0.15) is 34.3 Å². The largest absolute Gasteiger partial charge is 0.503 e. The SMILES string of the molecule is CO/C=C(/C(=O)OC)c1ccccc1Oc1cccc(Oc2cc(Cl)ncn2)c1. The highest BCUT2D eigenvalue weighted by Gasteiger charge is 2.18. The van der Waals surface area contributed by atoms with E-state index in [2.05, 4.69) is 9.97 Å². The molecule has 0 spiro atoms. The predicted octanol–water partition coefficient (Wildman–Crippen LogP) is 4.87. The summed E-state index contributed by atoms with van der Waals surface area (Å²) in [6.45, 7) is 0. The number of rotatable bonds is 7.